The van der Waals surface area contributed by atoms with Crippen molar-refractivity contribution in [3.8, 4) is 0 Å². The lowest BCUT2D eigenvalue weighted by molar-refractivity contribution is -0.131. The smallest absolute Gasteiger partial charge is 0.230 e. The summed E-state index contributed by atoms with van der Waals surface area (Å²) < 4.78 is 13.4. The minimum atomic E-state index is -0.955. The summed E-state index contributed by atoms with van der Waals surface area (Å²) in [5.41, 5.74) is 0.392. The minimum Gasteiger partial charge on any atom is -0.394 e. The molecule has 6 nitrogen and oxygen atoms in total. The Bertz CT molecular complexity index is 1110. The van der Waals surface area contributed by atoms with E-state index in [1.54, 1.807) is 24.3 Å². The van der Waals surface area contributed by atoms with Gasteiger partial charge in [-0.3, -0.25) is 9.59 Å². The van der Waals surface area contributed by atoms with Crippen molar-refractivity contribution in [2.24, 2.45) is 0 Å². The normalized spacial score (nSPS) is 19.6. The van der Waals surface area contributed by atoms with Crippen molar-refractivity contribution in [3.05, 3.63) is 69.5 Å². The molecule has 2 aliphatic heterocycles. The van der Waals surface area contributed by atoms with Crippen LogP contribution in [0.25, 0.3) is 0 Å². The van der Waals surface area contributed by atoms with E-state index >= 15 is 0 Å². The Balaban J connectivity index is 1.48. The van der Waals surface area contributed by atoms with Crippen LogP contribution < -0.4 is 5.32 Å². The molecular weight excluding hydrogens is 516 g/mol. The van der Waals surface area contributed by atoms with Crippen LogP contribution in [0.4, 0.5) is 4.39 Å². The molecule has 0 aliphatic carbocycles. The molecule has 2 heterocycles. The van der Waals surface area contributed by atoms with Crippen molar-refractivity contribution in [3.63, 3.8) is 0 Å². The van der Waals surface area contributed by atoms with Crippen molar-refractivity contribution >= 4 is 35.0 Å². The average molecular weight is 551 g/mol. The highest BCUT2D eigenvalue weighted by Crippen LogP contribution is 2.34. The average Bonchev–Trinajstić information content (AvgIpc) is 3.33. The maximum absolute atomic E-state index is 13.8. The molecule has 2 aromatic carbocycles. The number of carbonyl (C=O) groups is 2. The van der Waals surface area contributed by atoms with E-state index < -0.39 is 11.5 Å². The predicted octanol–water partition coefficient (Wildman–Crippen LogP) is 4.72. The molecule has 0 spiro atoms. The van der Waals surface area contributed by atoms with Crippen molar-refractivity contribution in [1.29, 1.82) is 0 Å². The number of piperidine rings is 1. The molecule has 200 valence electrons. The standard InChI is InChI=1S/C28H34Cl2FN3O3/c1-28(20-6-9-23(29)24(30)17-20,27(37)32-25(18-35)19-4-7-21(31)8-5-19)12-16-33-14-10-22(11-15-33)34-13-2-3-26(34)36/h4-9,17,22,25,35H,2-3,10-16,18H2,1H3,(H,32,37)/t25-,28-/m0/s1. The molecule has 0 saturated carbocycles. The Labute approximate surface area is 227 Å². The van der Waals surface area contributed by atoms with E-state index in [1.807, 2.05) is 17.9 Å². The van der Waals surface area contributed by atoms with Crippen molar-refractivity contribution in [2.45, 2.75) is 56.5 Å². The largest absolute Gasteiger partial charge is 0.394 e. The number of carbonyl (C=O) groups excluding carboxylic acids is 2. The summed E-state index contributed by atoms with van der Waals surface area (Å²) in [5, 5.41) is 13.7. The number of hydrogen-bond donors (Lipinski definition) is 2. The minimum absolute atomic E-state index is 0.258. The third-order valence-corrected chi connectivity index (χ3v) is 8.59. The van der Waals surface area contributed by atoms with Crippen LogP contribution >= 0.6 is 23.2 Å². The van der Waals surface area contributed by atoms with Gasteiger partial charge in [0.2, 0.25) is 11.8 Å². The number of halogens is 3. The summed E-state index contributed by atoms with van der Waals surface area (Å²) in [6, 6.07) is 10.6. The van der Waals surface area contributed by atoms with Crippen LogP contribution in [0.15, 0.2) is 42.5 Å². The maximum atomic E-state index is 13.8. The van der Waals surface area contributed by atoms with Crippen molar-refractivity contribution in [2.75, 3.05) is 32.8 Å². The Morgan fingerprint density at radius 1 is 1.14 bits per heavy atom. The molecule has 2 N–H and O–H groups in total. The molecule has 0 radical (unpaired) electrons. The maximum Gasteiger partial charge on any atom is 0.230 e. The molecular formula is C28H34Cl2FN3O3. The van der Waals surface area contributed by atoms with Gasteiger partial charge in [-0.1, -0.05) is 41.4 Å². The number of aliphatic hydroxyl groups excluding tert-OH is 1. The number of aliphatic hydroxyl groups is 1. The van der Waals surface area contributed by atoms with Gasteiger partial charge in [-0.15, -0.1) is 0 Å². The second-order valence-corrected chi connectivity index (χ2v) is 11.0. The molecule has 2 aliphatic rings. The van der Waals surface area contributed by atoms with Gasteiger partial charge in [-0.05, 0) is 74.5 Å². The molecule has 2 fully saturated rings. The van der Waals surface area contributed by atoms with Crippen molar-refractivity contribution in [1.82, 2.24) is 15.1 Å². The summed E-state index contributed by atoms with van der Waals surface area (Å²) >= 11 is 12.5. The number of rotatable bonds is 9. The summed E-state index contributed by atoms with van der Waals surface area (Å²) in [6.07, 6.45) is 3.98. The second-order valence-electron chi connectivity index (χ2n) is 10.2. The monoisotopic (exact) mass is 549 g/mol. The molecule has 37 heavy (non-hydrogen) atoms. The Morgan fingerprint density at radius 3 is 2.43 bits per heavy atom. The summed E-state index contributed by atoms with van der Waals surface area (Å²) in [5.74, 6) is -0.376. The lowest BCUT2D eigenvalue weighted by Gasteiger charge is -2.38. The summed E-state index contributed by atoms with van der Waals surface area (Å²) in [6.45, 7) is 4.82. The lowest BCUT2D eigenvalue weighted by Crippen LogP contribution is -2.49. The highest BCUT2D eigenvalue weighted by atomic mass is 35.5. The zero-order valence-electron chi connectivity index (χ0n) is 21.1. The molecule has 2 saturated heterocycles. The van der Waals surface area contributed by atoms with E-state index in [2.05, 4.69) is 10.2 Å². The van der Waals surface area contributed by atoms with E-state index in [1.165, 1.54) is 12.1 Å². The van der Waals surface area contributed by atoms with E-state index in [4.69, 9.17) is 23.2 Å². The van der Waals surface area contributed by atoms with Crippen molar-refractivity contribution < 1.29 is 19.1 Å². The number of nitrogens with one attached hydrogen (secondary N) is 1. The van der Waals surface area contributed by atoms with E-state index in [-0.39, 0.29) is 24.2 Å². The fourth-order valence-electron chi connectivity index (χ4n) is 5.37. The van der Waals surface area contributed by atoms with Crippen LogP contribution in [0.1, 0.15) is 56.2 Å². The third kappa shape index (κ3) is 6.45. The van der Waals surface area contributed by atoms with Crippen LogP contribution in [0.2, 0.25) is 10.0 Å². The Morgan fingerprint density at radius 2 is 1.84 bits per heavy atom. The lowest BCUT2D eigenvalue weighted by atomic mass is 9.78. The van der Waals surface area contributed by atoms with Crippen LogP contribution in [0, 0.1) is 5.82 Å². The topological polar surface area (TPSA) is 72.9 Å². The van der Waals surface area contributed by atoms with Crippen LogP contribution in [0.3, 0.4) is 0 Å². The van der Waals surface area contributed by atoms with Gasteiger partial charge in [0.1, 0.15) is 5.82 Å². The molecule has 2 amide bonds. The zero-order valence-corrected chi connectivity index (χ0v) is 22.6. The quantitative estimate of drug-likeness (QED) is 0.474. The zero-order chi connectivity index (χ0) is 26.6. The summed E-state index contributed by atoms with van der Waals surface area (Å²) in [4.78, 5) is 30.3. The first kappa shape index (κ1) is 27.8. The third-order valence-electron chi connectivity index (χ3n) is 7.85. The van der Waals surface area contributed by atoms with Gasteiger partial charge >= 0.3 is 0 Å². The highest BCUT2D eigenvalue weighted by Gasteiger charge is 2.38. The van der Waals surface area contributed by atoms with E-state index in [0.717, 1.165) is 44.5 Å². The van der Waals surface area contributed by atoms with E-state index in [0.29, 0.717) is 41.0 Å². The van der Waals surface area contributed by atoms with Gasteiger partial charge in [0.25, 0.3) is 0 Å². The molecule has 0 aromatic heterocycles. The second kappa shape index (κ2) is 12.1. The Kier molecular flexibility index (Phi) is 9.11. The first-order valence-electron chi connectivity index (χ1n) is 12.9. The van der Waals surface area contributed by atoms with Crippen LogP contribution in [-0.4, -0.2) is 65.5 Å². The Hall–Kier alpha value is -2.19. The molecule has 0 unspecified atom stereocenters. The number of likely N-dealkylation sites (tertiary alicyclic amines) is 2. The van der Waals surface area contributed by atoms with Gasteiger partial charge < -0.3 is 20.2 Å². The van der Waals surface area contributed by atoms with Gasteiger partial charge in [0.05, 0.1) is 28.1 Å². The SMILES string of the molecule is C[C@@](CCN1CCC(N2CCCC2=O)CC1)(C(=O)N[C@@H](CO)c1ccc(F)cc1)c1ccc(Cl)c(Cl)c1. The van der Waals surface area contributed by atoms with Gasteiger partial charge in [0.15, 0.2) is 0 Å². The summed E-state index contributed by atoms with van der Waals surface area (Å²) in [7, 11) is 0. The van der Waals surface area contributed by atoms with Crippen LogP contribution in [-0.2, 0) is 15.0 Å². The molecule has 2 atom stereocenters. The first-order valence-corrected chi connectivity index (χ1v) is 13.6. The fraction of sp³-hybridized carbons (Fsp3) is 0.500. The molecule has 9 heteroatoms. The number of hydrogen-bond acceptors (Lipinski definition) is 4. The number of nitrogens with zero attached hydrogens (tertiary/aromatic N) is 2. The first-order chi connectivity index (χ1) is 17.7. The van der Waals surface area contributed by atoms with Gasteiger partial charge in [0, 0.05) is 32.1 Å². The van der Waals surface area contributed by atoms with Gasteiger partial charge in [-0.2, -0.15) is 0 Å². The molecule has 2 aromatic rings. The van der Waals surface area contributed by atoms with E-state index in [9.17, 15) is 19.1 Å². The number of benzene rings is 2. The van der Waals surface area contributed by atoms with Gasteiger partial charge in [-0.25, -0.2) is 4.39 Å². The predicted molar refractivity (Wildman–Crippen MR) is 143 cm³/mol. The molecule has 4 rings (SSSR count). The van der Waals surface area contributed by atoms with Crippen LogP contribution in [0.5, 0.6) is 0 Å². The number of amides is 2. The highest BCUT2D eigenvalue weighted by molar-refractivity contribution is 6.42. The molecule has 0 bridgehead atoms. The fourth-order valence-corrected chi connectivity index (χ4v) is 5.66.